The van der Waals surface area contributed by atoms with Crippen molar-refractivity contribution >= 4 is 5.69 Å². The molecule has 0 atom stereocenters. The van der Waals surface area contributed by atoms with Gasteiger partial charge in [-0.3, -0.25) is 0 Å². The van der Waals surface area contributed by atoms with Gasteiger partial charge >= 0.3 is 0 Å². The zero-order valence-electron chi connectivity index (χ0n) is 10.8. The molecule has 0 saturated heterocycles. The number of rotatable bonds is 7. The Morgan fingerprint density at radius 2 is 1.79 bits per heavy atom. The van der Waals surface area contributed by atoms with E-state index in [1.54, 1.807) is 6.07 Å². The average Bonchev–Trinajstić information content (AvgIpc) is 2.44. The minimum absolute atomic E-state index is 0.211. The highest BCUT2D eigenvalue weighted by Crippen LogP contribution is 2.10. The molecule has 0 amide bonds. The fourth-order valence-corrected chi connectivity index (χ4v) is 1.76. The van der Waals surface area contributed by atoms with Gasteiger partial charge in [0.1, 0.15) is 11.6 Å². The molecule has 0 aliphatic rings. The predicted molar refractivity (Wildman–Crippen MR) is 76.1 cm³/mol. The van der Waals surface area contributed by atoms with Crippen LogP contribution in [0.1, 0.15) is 12.8 Å². The first-order chi connectivity index (χ1) is 9.34. The monoisotopic (exact) mass is 259 g/mol. The van der Waals surface area contributed by atoms with Gasteiger partial charge in [0, 0.05) is 12.2 Å². The van der Waals surface area contributed by atoms with Crippen LogP contribution in [0.2, 0.25) is 0 Å². The maximum absolute atomic E-state index is 12.9. The first kappa shape index (κ1) is 13.4. The summed E-state index contributed by atoms with van der Waals surface area (Å²) < 4.78 is 18.5. The Morgan fingerprint density at radius 3 is 2.58 bits per heavy atom. The molecule has 3 heteroatoms. The van der Waals surface area contributed by atoms with Gasteiger partial charge in [0.2, 0.25) is 0 Å². The normalized spacial score (nSPS) is 10.2. The topological polar surface area (TPSA) is 21.3 Å². The van der Waals surface area contributed by atoms with Crippen molar-refractivity contribution in [2.75, 3.05) is 18.5 Å². The second kappa shape index (κ2) is 7.41. The molecule has 0 heterocycles. The van der Waals surface area contributed by atoms with E-state index in [2.05, 4.69) is 5.32 Å². The summed E-state index contributed by atoms with van der Waals surface area (Å²) in [5.74, 6) is 0.693. The van der Waals surface area contributed by atoms with Gasteiger partial charge in [-0.1, -0.05) is 24.3 Å². The lowest BCUT2D eigenvalue weighted by atomic mass is 10.3. The Morgan fingerprint density at radius 1 is 0.947 bits per heavy atom. The molecule has 0 radical (unpaired) electrons. The minimum Gasteiger partial charge on any atom is -0.494 e. The standard InChI is InChI=1S/C16H18FNO/c17-14-7-6-8-15(13-14)18-11-4-5-12-19-16-9-2-1-3-10-16/h1-3,6-10,13,18H,4-5,11-12H2. The van der Waals surface area contributed by atoms with Gasteiger partial charge < -0.3 is 10.1 Å². The lowest BCUT2D eigenvalue weighted by molar-refractivity contribution is 0.308. The van der Waals surface area contributed by atoms with Crippen LogP contribution in [-0.2, 0) is 0 Å². The lowest BCUT2D eigenvalue weighted by Crippen LogP contribution is -2.04. The van der Waals surface area contributed by atoms with Crippen LogP contribution < -0.4 is 10.1 Å². The van der Waals surface area contributed by atoms with Crippen molar-refractivity contribution in [3.63, 3.8) is 0 Å². The van der Waals surface area contributed by atoms with E-state index in [0.29, 0.717) is 6.61 Å². The smallest absolute Gasteiger partial charge is 0.125 e. The summed E-state index contributed by atoms with van der Waals surface area (Å²) in [5.41, 5.74) is 0.823. The minimum atomic E-state index is -0.211. The summed E-state index contributed by atoms with van der Waals surface area (Å²) in [7, 11) is 0. The van der Waals surface area contributed by atoms with Crippen LogP contribution in [0.15, 0.2) is 54.6 Å². The molecule has 2 aromatic carbocycles. The zero-order valence-corrected chi connectivity index (χ0v) is 10.8. The molecule has 0 aromatic heterocycles. The van der Waals surface area contributed by atoms with Crippen LogP contribution in [0.25, 0.3) is 0 Å². The summed E-state index contributed by atoms with van der Waals surface area (Å²) in [4.78, 5) is 0. The Labute approximate surface area is 113 Å². The van der Waals surface area contributed by atoms with Crippen LogP contribution in [-0.4, -0.2) is 13.2 Å². The third-order valence-corrected chi connectivity index (χ3v) is 2.74. The number of benzene rings is 2. The summed E-state index contributed by atoms with van der Waals surface area (Å²) in [5, 5.41) is 3.19. The molecule has 19 heavy (non-hydrogen) atoms. The van der Waals surface area contributed by atoms with E-state index in [1.807, 2.05) is 36.4 Å². The van der Waals surface area contributed by atoms with E-state index >= 15 is 0 Å². The Bertz CT molecular complexity index is 487. The third-order valence-electron chi connectivity index (χ3n) is 2.74. The van der Waals surface area contributed by atoms with Crippen molar-refractivity contribution in [2.24, 2.45) is 0 Å². The molecule has 0 aliphatic carbocycles. The van der Waals surface area contributed by atoms with Gasteiger partial charge in [-0.05, 0) is 43.2 Å². The van der Waals surface area contributed by atoms with E-state index in [4.69, 9.17) is 4.74 Å². The Balaban J connectivity index is 1.58. The number of nitrogens with one attached hydrogen (secondary N) is 1. The highest BCUT2D eigenvalue weighted by atomic mass is 19.1. The quantitative estimate of drug-likeness (QED) is 0.756. The molecule has 0 fully saturated rings. The molecule has 0 aliphatic heterocycles. The van der Waals surface area contributed by atoms with E-state index < -0.39 is 0 Å². The maximum Gasteiger partial charge on any atom is 0.125 e. The van der Waals surface area contributed by atoms with Crippen LogP contribution in [0.5, 0.6) is 5.75 Å². The second-order valence-electron chi connectivity index (χ2n) is 4.31. The van der Waals surface area contributed by atoms with Crippen LogP contribution in [0, 0.1) is 5.82 Å². The number of halogens is 1. The predicted octanol–water partition coefficient (Wildman–Crippen LogP) is 4.10. The molecule has 100 valence electrons. The third kappa shape index (κ3) is 5.00. The van der Waals surface area contributed by atoms with Gasteiger partial charge in [0.25, 0.3) is 0 Å². The average molecular weight is 259 g/mol. The van der Waals surface area contributed by atoms with Crippen LogP contribution in [0.4, 0.5) is 10.1 Å². The maximum atomic E-state index is 12.9. The van der Waals surface area contributed by atoms with Crippen molar-refractivity contribution in [1.82, 2.24) is 0 Å². The number of unbranched alkanes of at least 4 members (excludes halogenated alkanes) is 1. The fourth-order valence-electron chi connectivity index (χ4n) is 1.76. The first-order valence-electron chi connectivity index (χ1n) is 6.52. The van der Waals surface area contributed by atoms with Gasteiger partial charge in [-0.25, -0.2) is 4.39 Å². The fraction of sp³-hybridized carbons (Fsp3) is 0.250. The molecule has 2 aromatic rings. The molecule has 0 unspecified atom stereocenters. The number of hydrogen-bond acceptors (Lipinski definition) is 2. The Hall–Kier alpha value is -2.03. The second-order valence-corrected chi connectivity index (χ2v) is 4.31. The Kier molecular flexibility index (Phi) is 5.23. The van der Waals surface area contributed by atoms with E-state index in [9.17, 15) is 4.39 Å². The summed E-state index contributed by atoms with van der Waals surface area (Å²) >= 11 is 0. The van der Waals surface area contributed by atoms with Crippen molar-refractivity contribution in [1.29, 1.82) is 0 Å². The van der Waals surface area contributed by atoms with Crippen molar-refractivity contribution < 1.29 is 9.13 Å². The number of ether oxygens (including phenoxy) is 1. The molecular formula is C16H18FNO. The lowest BCUT2D eigenvalue weighted by Gasteiger charge is -2.07. The number of para-hydroxylation sites is 1. The van der Waals surface area contributed by atoms with E-state index in [-0.39, 0.29) is 5.82 Å². The molecular weight excluding hydrogens is 241 g/mol. The van der Waals surface area contributed by atoms with Gasteiger partial charge in [-0.2, -0.15) is 0 Å². The number of hydrogen-bond donors (Lipinski definition) is 1. The molecule has 0 spiro atoms. The van der Waals surface area contributed by atoms with Gasteiger partial charge in [0.05, 0.1) is 6.61 Å². The van der Waals surface area contributed by atoms with Crippen molar-refractivity contribution in [3.05, 3.63) is 60.4 Å². The summed E-state index contributed by atoms with van der Waals surface area (Å²) in [6.07, 6.45) is 1.96. The number of anilines is 1. The molecule has 2 rings (SSSR count). The molecule has 0 bridgehead atoms. The summed E-state index contributed by atoms with van der Waals surface area (Å²) in [6, 6.07) is 16.3. The SMILES string of the molecule is Fc1cccc(NCCCCOc2ccccc2)c1. The zero-order chi connectivity index (χ0) is 13.3. The van der Waals surface area contributed by atoms with Crippen molar-refractivity contribution in [3.8, 4) is 5.75 Å². The molecule has 2 nitrogen and oxygen atoms in total. The van der Waals surface area contributed by atoms with E-state index in [1.165, 1.54) is 12.1 Å². The highest BCUT2D eigenvalue weighted by molar-refractivity contribution is 5.42. The summed E-state index contributed by atoms with van der Waals surface area (Å²) in [6.45, 7) is 1.52. The van der Waals surface area contributed by atoms with E-state index in [0.717, 1.165) is 30.8 Å². The highest BCUT2D eigenvalue weighted by Gasteiger charge is 1.95. The van der Waals surface area contributed by atoms with Gasteiger partial charge in [0.15, 0.2) is 0 Å². The van der Waals surface area contributed by atoms with Gasteiger partial charge in [-0.15, -0.1) is 0 Å². The molecule has 0 saturated carbocycles. The van der Waals surface area contributed by atoms with Crippen LogP contribution in [0.3, 0.4) is 0 Å². The van der Waals surface area contributed by atoms with Crippen molar-refractivity contribution in [2.45, 2.75) is 12.8 Å². The largest absolute Gasteiger partial charge is 0.494 e. The molecule has 1 N–H and O–H groups in total. The van der Waals surface area contributed by atoms with Crippen LogP contribution >= 0.6 is 0 Å². The first-order valence-corrected chi connectivity index (χ1v) is 6.52.